The molecule has 2 saturated heterocycles. The summed E-state index contributed by atoms with van der Waals surface area (Å²) in [5.41, 5.74) is 10.0. The first kappa shape index (κ1) is 37.9. The molecule has 0 spiro atoms. The van der Waals surface area contributed by atoms with Gasteiger partial charge in [-0.1, -0.05) is 63.5 Å². The van der Waals surface area contributed by atoms with Gasteiger partial charge in [0.05, 0.1) is 12.8 Å². The van der Waals surface area contributed by atoms with Gasteiger partial charge in [-0.05, 0) is 83.2 Å². The highest BCUT2D eigenvalue weighted by Crippen LogP contribution is 2.61. The second-order valence-corrected chi connectivity index (χ2v) is 15.8. The third-order valence-corrected chi connectivity index (χ3v) is 12.2. The fourth-order valence-corrected chi connectivity index (χ4v) is 9.22. The average Bonchev–Trinajstić information content (AvgIpc) is 3.83. The molecule has 5 aliphatic rings. The Hall–Kier alpha value is -2.34. The zero-order valence-electron chi connectivity index (χ0n) is 30.4. The highest BCUT2D eigenvalue weighted by atomic mass is 16.7. The number of nitrogens with two attached hydrogens (primary N) is 2. The molecule has 2 aliphatic heterocycles. The Bertz CT molecular complexity index is 1220. The normalized spacial score (nSPS) is 33.7. The topological polar surface area (TPSA) is 173 Å². The summed E-state index contributed by atoms with van der Waals surface area (Å²) in [5.74, 6) is -0.389. The number of rotatable bonds is 16. The van der Waals surface area contributed by atoms with Crippen molar-refractivity contribution in [3.8, 4) is 0 Å². The number of Topliss-reactive ketones (excluding diaryl/α,β-unsaturated/α-hetero) is 2. The van der Waals surface area contributed by atoms with Crippen molar-refractivity contribution in [2.45, 2.75) is 140 Å². The number of ether oxygens (including phenoxy) is 2. The minimum Gasteiger partial charge on any atom is -0.463 e. The second-order valence-electron chi connectivity index (χ2n) is 15.8. The summed E-state index contributed by atoms with van der Waals surface area (Å²) in [6, 6.07) is -0.00126. The molecule has 7 N–H and O–H groups in total. The Morgan fingerprint density at radius 1 is 1.10 bits per heavy atom. The number of nitrogens with zero attached hydrogens (tertiary/aromatic N) is 1. The molecule has 0 aromatic carbocycles. The number of unbranched alkanes of at least 4 members (excludes halogenated alkanes) is 1. The molecule has 0 amide bonds. The van der Waals surface area contributed by atoms with Crippen LogP contribution in [0.25, 0.3) is 0 Å². The van der Waals surface area contributed by atoms with Crippen LogP contribution in [-0.2, 0) is 23.9 Å². The van der Waals surface area contributed by atoms with E-state index in [0.717, 1.165) is 70.2 Å². The summed E-state index contributed by atoms with van der Waals surface area (Å²) in [7, 11) is 1.66. The van der Waals surface area contributed by atoms with Crippen molar-refractivity contribution in [3.63, 3.8) is 0 Å². The van der Waals surface area contributed by atoms with E-state index < -0.39 is 29.0 Å². The average molecular weight is 685 g/mol. The Morgan fingerprint density at radius 3 is 2.51 bits per heavy atom. The van der Waals surface area contributed by atoms with Crippen LogP contribution in [0.2, 0.25) is 0 Å². The number of ketones is 2. The van der Waals surface area contributed by atoms with Gasteiger partial charge < -0.3 is 36.9 Å². The van der Waals surface area contributed by atoms with Crippen molar-refractivity contribution < 1.29 is 23.9 Å². The lowest BCUT2D eigenvalue weighted by Crippen LogP contribution is -2.58. The van der Waals surface area contributed by atoms with Crippen molar-refractivity contribution >= 4 is 23.5 Å². The van der Waals surface area contributed by atoms with E-state index in [0.29, 0.717) is 31.1 Å². The molecule has 0 radical (unpaired) electrons. The molecule has 0 bridgehead atoms. The van der Waals surface area contributed by atoms with E-state index in [-0.39, 0.29) is 48.6 Å². The number of guanidine groups is 1. The number of nitrogens with one attached hydrogen (secondary N) is 3. The number of piperidine rings is 1. The fraction of sp³-hybridized carbons (Fsp3) is 0.842. The lowest BCUT2D eigenvalue weighted by atomic mass is 9.61. The smallest absolute Gasteiger partial charge is 0.349 e. The van der Waals surface area contributed by atoms with Crippen LogP contribution in [0.4, 0.5) is 0 Å². The van der Waals surface area contributed by atoms with Crippen LogP contribution in [0.3, 0.4) is 0 Å². The van der Waals surface area contributed by atoms with Crippen LogP contribution in [0.1, 0.15) is 117 Å². The largest absolute Gasteiger partial charge is 0.463 e. The van der Waals surface area contributed by atoms with E-state index in [2.05, 4.69) is 27.9 Å². The summed E-state index contributed by atoms with van der Waals surface area (Å²) in [5, 5.41) is 10.3. The fourth-order valence-electron chi connectivity index (χ4n) is 9.22. The van der Waals surface area contributed by atoms with Crippen LogP contribution >= 0.6 is 0 Å². The number of hydrogen-bond donors (Lipinski definition) is 5. The van der Waals surface area contributed by atoms with E-state index in [1.165, 1.54) is 32.1 Å². The van der Waals surface area contributed by atoms with Gasteiger partial charge >= 0.3 is 5.97 Å². The van der Waals surface area contributed by atoms with Crippen LogP contribution in [0.5, 0.6) is 0 Å². The SMILES string of the molecule is CCCCC(CNCC1CCCCC1)COC(=O)C12OC1(CC=C(C)CC(NC(N)=NC)C1CCNC(N)C1)C(=O)C1CCCCC1C2=O. The first-order valence-electron chi connectivity index (χ1n) is 19.4. The van der Waals surface area contributed by atoms with Crippen molar-refractivity contribution in [1.82, 2.24) is 16.0 Å². The number of esters is 1. The molecule has 276 valence electrons. The molecular formula is C38H64N6O5. The molecule has 0 aromatic heterocycles. The Morgan fingerprint density at radius 2 is 1.82 bits per heavy atom. The molecule has 3 aliphatic carbocycles. The van der Waals surface area contributed by atoms with E-state index in [4.69, 9.17) is 20.9 Å². The van der Waals surface area contributed by atoms with E-state index >= 15 is 0 Å². The Kier molecular flexibility index (Phi) is 13.3. The van der Waals surface area contributed by atoms with Crippen LogP contribution in [-0.4, -0.2) is 80.2 Å². The van der Waals surface area contributed by atoms with Crippen molar-refractivity contribution in [2.75, 3.05) is 33.3 Å². The molecule has 2 heterocycles. The minimum absolute atomic E-state index is 0.00126. The molecule has 8 unspecified atom stereocenters. The summed E-state index contributed by atoms with van der Waals surface area (Å²) >= 11 is 0. The van der Waals surface area contributed by atoms with E-state index in [1.807, 2.05) is 13.0 Å². The second kappa shape index (κ2) is 17.2. The lowest BCUT2D eigenvalue weighted by molar-refractivity contribution is -0.159. The molecular weight excluding hydrogens is 620 g/mol. The van der Waals surface area contributed by atoms with E-state index in [1.54, 1.807) is 7.05 Å². The van der Waals surface area contributed by atoms with Gasteiger partial charge in [-0.3, -0.25) is 14.6 Å². The molecule has 0 aromatic rings. The lowest BCUT2D eigenvalue weighted by Gasteiger charge is -2.37. The predicted molar refractivity (Wildman–Crippen MR) is 192 cm³/mol. The van der Waals surface area contributed by atoms with Crippen molar-refractivity contribution in [3.05, 3.63) is 11.6 Å². The van der Waals surface area contributed by atoms with Gasteiger partial charge in [-0.2, -0.15) is 0 Å². The quantitative estimate of drug-likeness (QED) is 0.0401. The molecule has 8 atom stereocenters. The first-order chi connectivity index (χ1) is 23.6. The number of aliphatic imine (C=N–C) groups is 1. The van der Waals surface area contributed by atoms with Gasteiger partial charge in [0.1, 0.15) is 0 Å². The number of carbonyl (C=O) groups is 3. The van der Waals surface area contributed by atoms with Crippen LogP contribution < -0.4 is 27.4 Å². The van der Waals surface area contributed by atoms with Crippen LogP contribution in [0, 0.1) is 29.6 Å². The highest BCUT2D eigenvalue weighted by molar-refractivity contribution is 6.23. The van der Waals surface area contributed by atoms with Gasteiger partial charge in [-0.15, -0.1) is 0 Å². The first-order valence-corrected chi connectivity index (χ1v) is 19.4. The van der Waals surface area contributed by atoms with Gasteiger partial charge in [0.25, 0.3) is 5.60 Å². The summed E-state index contributed by atoms with van der Waals surface area (Å²) in [6.45, 7) is 6.99. The maximum atomic E-state index is 14.3. The third kappa shape index (κ3) is 8.59. The summed E-state index contributed by atoms with van der Waals surface area (Å²) in [4.78, 5) is 46.7. The predicted octanol–water partition coefficient (Wildman–Crippen LogP) is 3.89. The monoisotopic (exact) mass is 684 g/mol. The van der Waals surface area contributed by atoms with Gasteiger partial charge in [0, 0.05) is 43.8 Å². The highest BCUT2D eigenvalue weighted by Gasteiger charge is 2.86. The molecule has 5 fully saturated rings. The maximum absolute atomic E-state index is 14.3. The minimum atomic E-state index is -1.84. The molecule has 5 rings (SSSR count). The zero-order chi connectivity index (χ0) is 35.0. The Labute approximate surface area is 293 Å². The summed E-state index contributed by atoms with van der Waals surface area (Å²) in [6.07, 6.45) is 17.1. The van der Waals surface area contributed by atoms with Crippen molar-refractivity contribution in [2.24, 2.45) is 46.0 Å². The van der Waals surface area contributed by atoms with E-state index in [9.17, 15) is 14.4 Å². The van der Waals surface area contributed by atoms with Gasteiger partial charge in [-0.25, -0.2) is 4.79 Å². The van der Waals surface area contributed by atoms with Crippen molar-refractivity contribution in [1.29, 1.82) is 0 Å². The Balaban J connectivity index is 1.29. The van der Waals surface area contributed by atoms with Gasteiger partial charge in [0.15, 0.2) is 23.1 Å². The van der Waals surface area contributed by atoms with Crippen LogP contribution in [0.15, 0.2) is 16.6 Å². The third-order valence-electron chi connectivity index (χ3n) is 12.2. The summed E-state index contributed by atoms with van der Waals surface area (Å²) < 4.78 is 12.3. The number of fused-ring (bicyclic) bond motifs is 2. The number of carbonyl (C=O) groups excluding carboxylic acids is 3. The molecule has 3 saturated carbocycles. The zero-order valence-corrected chi connectivity index (χ0v) is 30.4. The number of hydrogen-bond acceptors (Lipinski definition) is 9. The molecule has 11 heteroatoms. The molecule has 49 heavy (non-hydrogen) atoms. The number of epoxide rings is 1. The standard InChI is InChI=1S/C38H64N6O5/c1-4-5-11-27(23-42-22-26-12-7-6-8-13-26)24-48-35(47)38-34(46)30-15-10-9-14-29(30)33(45)37(38,49-38)18-16-25(2)20-31(44-36(40)41-3)28-17-19-43-32(39)21-28/h16,26-32,42-43H,4-15,17-24,39H2,1-3H3,(H3,40,41,44). The molecule has 11 nitrogen and oxygen atoms in total. The van der Waals surface area contributed by atoms with Gasteiger partial charge in [0.2, 0.25) is 0 Å². The maximum Gasteiger partial charge on any atom is 0.349 e.